The molecule has 234 valence electrons. The lowest BCUT2D eigenvalue weighted by Gasteiger charge is -2.45. The normalized spacial score (nSPS) is 17.7. The molecule has 0 aromatic carbocycles. The van der Waals surface area contributed by atoms with Crippen LogP contribution in [0.3, 0.4) is 0 Å². The molecule has 1 fully saturated rings. The number of carbonyl (C=O) groups is 3. The Bertz CT molecular complexity index is 923. The number of nitrogens with one attached hydrogen (secondary N) is 2. The van der Waals surface area contributed by atoms with Crippen molar-refractivity contribution in [1.29, 1.82) is 0 Å². The number of hydrogen-bond donors (Lipinski definition) is 2. The number of esters is 1. The van der Waals surface area contributed by atoms with Gasteiger partial charge in [0.2, 0.25) is 5.91 Å². The van der Waals surface area contributed by atoms with E-state index in [-0.39, 0.29) is 30.7 Å². The van der Waals surface area contributed by atoms with Gasteiger partial charge < -0.3 is 24.5 Å². The molecule has 1 aromatic rings. The molecule has 41 heavy (non-hydrogen) atoms. The Morgan fingerprint density at radius 2 is 1.56 bits per heavy atom. The molecule has 2 heterocycles. The van der Waals surface area contributed by atoms with Gasteiger partial charge in [-0.15, -0.1) is 0 Å². The summed E-state index contributed by atoms with van der Waals surface area (Å²) in [7, 11) is 0. The van der Waals surface area contributed by atoms with E-state index in [1.54, 1.807) is 26.1 Å². The third kappa shape index (κ3) is 13.6. The van der Waals surface area contributed by atoms with Crippen LogP contribution in [0.15, 0.2) is 12.3 Å². The molecule has 8 heteroatoms. The summed E-state index contributed by atoms with van der Waals surface area (Å²) in [5.74, 6) is -1.20. The summed E-state index contributed by atoms with van der Waals surface area (Å²) >= 11 is 0. The first-order chi connectivity index (χ1) is 19.6. The molecule has 1 atom stereocenters. The van der Waals surface area contributed by atoms with Gasteiger partial charge in [0.1, 0.15) is 6.10 Å². The minimum Gasteiger partial charge on any atom is -0.466 e. The van der Waals surface area contributed by atoms with Crippen LogP contribution in [0.25, 0.3) is 0 Å². The topological polar surface area (TPSA) is 107 Å². The van der Waals surface area contributed by atoms with Gasteiger partial charge in [0.05, 0.1) is 19.6 Å². The molecule has 1 saturated heterocycles. The molecular formula is C33H56N2O6. The summed E-state index contributed by atoms with van der Waals surface area (Å²) in [6, 6.07) is 1.74. The van der Waals surface area contributed by atoms with Gasteiger partial charge in [0.25, 0.3) is 0 Å². The number of carbonyl (C=O) groups excluding carboxylic acids is 3. The molecule has 0 bridgehead atoms. The first kappa shape index (κ1) is 35.0. The highest BCUT2D eigenvalue weighted by Crippen LogP contribution is 2.37. The van der Waals surface area contributed by atoms with Crippen molar-refractivity contribution in [1.82, 2.24) is 10.3 Å². The molecule has 1 amide bonds. The van der Waals surface area contributed by atoms with Crippen LogP contribution in [0.2, 0.25) is 0 Å². The summed E-state index contributed by atoms with van der Waals surface area (Å²) in [6.45, 7) is 10.9. The second kappa shape index (κ2) is 18.4. The lowest BCUT2D eigenvalue weighted by atomic mass is 9.81. The number of aromatic nitrogens is 1. The van der Waals surface area contributed by atoms with E-state index < -0.39 is 17.3 Å². The highest BCUT2D eigenvalue weighted by molar-refractivity contribution is 6.01. The zero-order chi connectivity index (χ0) is 30.1. The van der Waals surface area contributed by atoms with Crippen molar-refractivity contribution in [2.45, 2.75) is 143 Å². The fourth-order valence-electron chi connectivity index (χ4n) is 5.13. The molecule has 0 spiro atoms. The van der Waals surface area contributed by atoms with Gasteiger partial charge >= 0.3 is 5.97 Å². The third-order valence-corrected chi connectivity index (χ3v) is 7.73. The van der Waals surface area contributed by atoms with Crippen molar-refractivity contribution >= 4 is 17.7 Å². The number of unbranched alkanes of at least 4 members (excludes halogenated alkanes) is 10. The molecular weight excluding hydrogens is 520 g/mol. The van der Waals surface area contributed by atoms with E-state index in [1.807, 2.05) is 13.8 Å². The maximum Gasteiger partial charge on any atom is 0.306 e. The number of ether oxygens (including phenoxy) is 3. The minimum absolute atomic E-state index is 0.0660. The monoisotopic (exact) mass is 576 g/mol. The Balaban J connectivity index is 1.54. The Labute approximate surface area is 248 Å². The molecule has 1 unspecified atom stereocenters. The maximum absolute atomic E-state index is 13.4. The lowest BCUT2D eigenvalue weighted by molar-refractivity contribution is -0.298. The van der Waals surface area contributed by atoms with Crippen LogP contribution >= 0.6 is 0 Å². The Kier molecular flexibility index (Phi) is 15.7. The average molecular weight is 577 g/mol. The number of aromatic amines is 1. The minimum atomic E-state index is -0.831. The van der Waals surface area contributed by atoms with E-state index in [0.717, 1.165) is 12.8 Å². The van der Waals surface area contributed by atoms with E-state index >= 15 is 0 Å². The molecule has 2 N–H and O–H groups in total. The zero-order valence-corrected chi connectivity index (χ0v) is 26.4. The van der Waals surface area contributed by atoms with Crippen LogP contribution in [-0.4, -0.2) is 54.3 Å². The predicted octanol–water partition coefficient (Wildman–Crippen LogP) is 7.06. The summed E-state index contributed by atoms with van der Waals surface area (Å²) in [5, 5.41) is 2.92. The lowest BCUT2D eigenvalue weighted by Crippen LogP contribution is -2.53. The molecule has 1 aliphatic rings. The van der Waals surface area contributed by atoms with Crippen LogP contribution in [0, 0.1) is 5.41 Å². The van der Waals surface area contributed by atoms with E-state index in [4.69, 9.17) is 14.2 Å². The number of amides is 1. The Morgan fingerprint density at radius 1 is 0.927 bits per heavy atom. The highest BCUT2D eigenvalue weighted by Gasteiger charge is 2.46. The quantitative estimate of drug-likeness (QED) is 0.0922. The molecule has 2 rings (SSSR count). The van der Waals surface area contributed by atoms with Crippen molar-refractivity contribution in [2.24, 2.45) is 5.41 Å². The second-order valence-electron chi connectivity index (χ2n) is 12.6. The molecule has 0 aliphatic carbocycles. The molecule has 1 aromatic heterocycles. The number of Topliss-reactive ketones (excluding diaryl/α,β-unsaturated/α-hetero) is 1. The maximum atomic E-state index is 13.4. The third-order valence-electron chi connectivity index (χ3n) is 7.73. The van der Waals surface area contributed by atoms with Crippen molar-refractivity contribution in [3.63, 3.8) is 0 Å². The fraction of sp³-hybridized carbons (Fsp3) is 0.788. The van der Waals surface area contributed by atoms with E-state index in [9.17, 15) is 14.4 Å². The van der Waals surface area contributed by atoms with Crippen LogP contribution in [0.4, 0.5) is 0 Å². The van der Waals surface area contributed by atoms with Gasteiger partial charge in [-0.25, -0.2) is 0 Å². The Hall–Kier alpha value is -2.19. The molecule has 1 aliphatic heterocycles. The fourth-order valence-corrected chi connectivity index (χ4v) is 5.13. The first-order valence-electron chi connectivity index (χ1n) is 16.0. The number of H-pyrrole nitrogens is 1. The van der Waals surface area contributed by atoms with Crippen LogP contribution in [-0.2, 0) is 30.2 Å². The molecule has 8 nitrogen and oxygen atoms in total. The van der Waals surface area contributed by atoms with Gasteiger partial charge in [-0.1, -0.05) is 85.0 Å². The SMILES string of the molecule is CCCCCCCCCCCCCC(=O)NCCCOC(=O)CCc1[nH]ccc1C(=O)C1OC(C)(C)OCC1(C)C. The molecule has 0 saturated carbocycles. The number of ketones is 1. The van der Waals surface area contributed by atoms with E-state index in [0.29, 0.717) is 43.7 Å². The molecule has 0 radical (unpaired) electrons. The number of hydrogen-bond acceptors (Lipinski definition) is 6. The van der Waals surface area contributed by atoms with Crippen molar-refractivity contribution in [3.05, 3.63) is 23.5 Å². The summed E-state index contributed by atoms with van der Waals surface area (Å²) in [6.07, 6.45) is 16.6. The average Bonchev–Trinajstić information content (AvgIpc) is 3.40. The van der Waals surface area contributed by atoms with Gasteiger partial charge in [0, 0.05) is 35.8 Å². The van der Waals surface area contributed by atoms with Gasteiger partial charge in [-0.2, -0.15) is 0 Å². The van der Waals surface area contributed by atoms with E-state index in [1.165, 1.54) is 57.8 Å². The Morgan fingerprint density at radius 3 is 2.22 bits per heavy atom. The van der Waals surface area contributed by atoms with E-state index in [2.05, 4.69) is 17.2 Å². The first-order valence-corrected chi connectivity index (χ1v) is 16.0. The van der Waals surface area contributed by atoms with Crippen LogP contribution < -0.4 is 5.32 Å². The second-order valence-corrected chi connectivity index (χ2v) is 12.6. The number of aryl methyl sites for hydroxylation is 1. The van der Waals surface area contributed by atoms with Gasteiger partial charge in [-0.05, 0) is 39.2 Å². The van der Waals surface area contributed by atoms with Crippen molar-refractivity contribution < 1.29 is 28.6 Å². The predicted molar refractivity (Wildman–Crippen MR) is 162 cm³/mol. The standard InChI is InChI=1S/C33H56N2O6/c1-6-7-8-9-10-11-12-13-14-15-16-18-28(36)35-22-17-24-39-29(37)20-19-27-26(21-23-34-27)30(38)31-32(2,3)25-40-33(4,5)41-31/h21,23,31,34H,6-20,22,24-25H2,1-5H3,(H,35,36). The van der Waals surface area contributed by atoms with Crippen molar-refractivity contribution in [3.8, 4) is 0 Å². The summed E-state index contributed by atoms with van der Waals surface area (Å²) in [5.41, 5.74) is 0.766. The van der Waals surface area contributed by atoms with Gasteiger partial charge in [-0.3, -0.25) is 14.4 Å². The highest BCUT2D eigenvalue weighted by atomic mass is 16.7. The van der Waals surface area contributed by atoms with Crippen molar-refractivity contribution in [2.75, 3.05) is 19.8 Å². The number of rotatable bonds is 21. The summed E-state index contributed by atoms with van der Waals surface area (Å²) < 4.78 is 17.1. The van der Waals surface area contributed by atoms with Crippen LogP contribution in [0.1, 0.15) is 141 Å². The van der Waals surface area contributed by atoms with Gasteiger partial charge in [0.15, 0.2) is 11.6 Å². The smallest absolute Gasteiger partial charge is 0.306 e. The van der Waals surface area contributed by atoms with Crippen LogP contribution in [0.5, 0.6) is 0 Å². The summed E-state index contributed by atoms with van der Waals surface area (Å²) in [4.78, 5) is 40.8. The zero-order valence-electron chi connectivity index (χ0n) is 26.4. The largest absolute Gasteiger partial charge is 0.466 e.